The van der Waals surface area contributed by atoms with Crippen LogP contribution < -0.4 is 0 Å². The molecule has 0 amide bonds. The normalized spacial score (nSPS) is 23.9. The van der Waals surface area contributed by atoms with Crippen molar-refractivity contribution in [3.63, 3.8) is 0 Å². The number of hydrogen-bond acceptors (Lipinski definition) is 1. The van der Waals surface area contributed by atoms with Gasteiger partial charge in [-0.1, -0.05) is 0 Å². The summed E-state index contributed by atoms with van der Waals surface area (Å²) in [4.78, 5) is 11.1. The van der Waals surface area contributed by atoms with E-state index < -0.39 is 81.7 Å². The van der Waals surface area contributed by atoms with Gasteiger partial charge in [0.15, 0.2) is 11.7 Å². The number of rotatable bonds is 2. The lowest BCUT2D eigenvalue weighted by Gasteiger charge is -2.53. The first-order valence-corrected chi connectivity index (χ1v) is 7.36. The smallest absolute Gasteiger partial charge is 0.283 e. The van der Waals surface area contributed by atoms with E-state index in [0.29, 0.717) is 0 Å². The molecule has 2 rings (SSSR count). The number of carbonyl (C=O) groups is 1. The summed E-state index contributed by atoms with van der Waals surface area (Å²) in [6.07, 6.45) is -31.5. The maximum absolute atomic E-state index is 15.2. The number of hydrogen-bond donors (Lipinski definition) is 0. The van der Waals surface area contributed by atoms with Gasteiger partial charge in [-0.05, 0) is 0 Å². The molecule has 0 aliphatic heterocycles. The Labute approximate surface area is 167 Å². The van der Waals surface area contributed by atoms with Gasteiger partial charge in [-0.15, -0.1) is 0 Å². The Hall–Kier alpha value is -2.37. The molecule has 0 aromatic heterocycles. The minimum absolute atomic E-state index is 3.30. The molecule has 19 heteroatoms. The fourth-order valence-corrected chi connectivity index (χ4v) is 3.18. The molecule has 0 radical (unpaired) electrons. The van der Waals surface area contributed by atoms with Gasteiger partial charge in [-0.3, -0.25) is 4.79 Å². The molecule has 0 heterocycles. The average molecular weight is 526 g/mol. The Morgan fingerprint density at radius 2 is 0.909 bits per heavy atom. The van der Waals surface area contributed by atoms with E-state index in [1.807, 2.05) is 0 Å². The van der Waals surface area contributed by atoms with Crippen LogP contribution in [0, 0.1) is 0 Å². The molecule has 2 aliphatic rings. The van der Waals surface area contributed by atoms with Crippen LogP contribution in [0.2, 0.25) is 0 Å². The van der Waals surface area contributed by atoms with Gasteiger partial charge < -0.3 is 0 Å². The second-order valence-corrected chi connectivity index (χ2v) is 6.36. The Balaban J connectivity index is 3.30. The summed E-state index contributed by atoms with van der Waals surface area (Å²) in [5.41, 5.74) is -34.9. The van der Waals surface area contributed by atoms with Crippen LogP contribution in [0.15, 0.2) is 34.2 Å². The summed E-state index contributed by atoms with van der Waals surface area (Å²) in [5.74, 6) is -13.9. The van der Waals surface area contributed by atoms with Gasteiger partial charge in [0, 0.05) is 16.7 Å². The average Bonchev–Trinajstić information content (AvgIpc) is 2.58. The van der Waals surface area contributed by atoms with E-state index in [1.54, 1.807) is 0 Å². The Morgan fingerprint density at radius 3 is 1.21 bits per heavy atom. The molecule has 0 bridgehead atoms. The summed E-state index contributed by atoms with van der Waals surface area (Å²) in [6, 6.07) is 0. The quantitative estimate of drug-likeness (QED) is 0.370. The standard InChI is InChI=1S/C14F18O/c15-3-1-2(4(16)6(33)5(3)17)8(18,10(20,13(27,28)29)14(30,31)32)7(1)9(19,11(21,22)23)12(24,25)26. The zero-order valence-electron chi connectivity index (χ0n) is 14.2. The lowest BCUT2D eigenvalue weighted by atomic mass is 9.55. The topological polar surface area (TPSA) is 17.1 Å². The van der Waals surface area contributed by atoms with Gasteiger partial charge >= 0.3 is 36.0 Å². The first-order valence-electron chi connectivity index (χ1n) is 7.36. The van der Waals surface area contributed by atoms with Crippen molar-refractivity contribution in [3.8, 4) is 0 Å². The molecule has 33 heavy (non-hydrogen) atoms. The molecular formula is C14F18O. The third kappa shape index (κ3) is 2.88. The molecule has 0 aromatic carbocycles. The lowest BCUT2D eigenvalue weighted by Crippen LogP contribution is -2.75. The minimum Gasteiger partial charge on any atom is -0.283 e. The van der Waals surface area contributed by atoms with Crippen LogP contribution in [0.1, 0.15) is 0 Å². The summed E-state index contributed by atoms with van der Waals surface area (Å²) >= 11 is 0. The Morgan fingerprint density at radius 1 is 0.545 bits per heavy atom. The van der Waals surface area contributed by atoms with Crippen LogP contribution in [-0.2, 0) is 4.79 Å². The van der Waals surface area contributed by atoms with Crippen molar-refractivity contribution < 1.29 is 83.8 Å². The molecule has 1 nitrogen and oxygen atoms in total. The molecule has 0 saturated heterocycles. The summed E-state index contributed by atoms with van der Waals surface area (Å²) in [7, 11) is 0. The maximum atomic E-state index is 15.2. The van der Waals surface area contributed by atoms with Gasteiger partial charge in [-0.2, -0.15) is 57.1 Å². The highest BCUT2D eigenvalue weighted by Gasteiger charge is 2.93. The molecule has 0 N–H and O–H groups in total. The van der Waals surface area contributed by atoms with E-state index in [1.165, 1.54) is 0 Å². The number of fused-ring (bicyclic) bond motifs is 1. The zero-order chi connectivity index (χ0) is 26.5. The van der Waals surface area contributed by atoms with Gasteiger partial charge in [0.1, 0.15) is 0 Å². The minimum atomic E-state index is -8.03. The molecule has 1 atom stereocenters. The third-order valence-corrected chi connectivity index (χ3v) is 4.60. The van der Waals surface area contributed by atoms with Crippen molar-refractivity contribution in [2.24, 2.45) is 0 Å². The van der Waals surface area contributed by atoms with Crippen molar-refractivity contribution >= 4 is 5.78 Å². The monoisotopic (exact) mass is 526 g/mol. The SMILES string of the molecule is O=C1C(F)=C(F)C2=C(C(F)(C(F)(F)F)C(F)(F)F)C(F)(C(F)(C(F)(F)F)C(F)(F)F)C2=C1F. The predicted molar refractivity (Wildman–Crippen MR) is 65.1 cm³/mol. The number of Topliss-reactive ketones (excluding diaryl/α,β-unsaturated/α-hetero) is 1. The van der Waals surface area contributed by atoms with E-state index >= 15 is 4.39 Å². The van der Waals surface area contributed by atoms with Crippen molar-refractivity contribution in [3.05, 3.63) is 34.2 Å². The molecular weight excluding hydrogens is 526 g/mol. The van der Waals surface area contributed by atoms with Crippen LogP contribution >= 0.6 is 0 Å². The Bertz CT molecular complexity index is 967. The first-order chi connectivity index (χ1) is 14.3. The summed E-state index contributed by atoms with van der Waals surface area (Å²) in [5, 5.41) is 0. The van der Waals surface area contributed by atoms with Gasteiger partial charge in [0.05, 0.1) is 0 Å². The molecule has 0 aromatic rings. The molecule has 2 aliphatic carbocycles. The second-order valence-electron chi connectivity index (χ2n) is 6.36. The zero-order valence-corrected chi connectivity index (χ0v) is 14.2. The van der Waals surface area contributed by atoms with E-state index in [0.717, 1.165) is 0 Å². The molecule has 0 saturated carbocycles. The van der Waals surface area contributed by atoms with Crippen molar-refractivity contribution in [2.75, 3.05) is 0 Å². The lowest BCUT2D eigenvalue weighted by molar-refractivity contribution is -0.379. The first kappa shape index (κ1) is 26.9. The fourth-order valence-electron chi connectivity index (χ4n) is 3.18. The van der Waals surface area contributed by atoms with E-state index in [4.69, 9.17) is 0 Å². The largest absolute Gasteiger partial charge is 0.435 e. The van der Waals surface area contributed by atoms with Crippen LogP contribution in [0.25, 0.3) is 0 Å². The van der Waals surface area contributed by atoms with Crippen molar-refractivity contribution in [1.29, 1.82) is 0 Å². The summed E-state index contributed by atoms with van der Waals surface area (Å²) in [6.45, 7) is 0. The number of alkyl halides is 15. The van der Waals surface area contributed by atoms with E-state index in [9.17, 15) is 79.4 Å². The molecule has 1 unspecified atom stereocenters. The van der Waals surface area contributed by atoms with Gasteiger partial charge in [0.2, 0.25) is 11.5 Å². The molecule has 188 valence electrons. The van der Waals surface area contributed by atoms with Crippen molar-refractivity contribution in [1.82, 2.24) is 0 Å². The van der Waals surface area contributed by atoms with Crippen LogP contribution in [-0.4, -0.2) is 47.5 Å². The van der Waals surface area contributed by atoms with E-state index in [2.05, 4.69) is 0 Å². The molecule has 0 spiro atoms. The maximum Gasteiger partial charge on any atom is 0.435 e. The van der Waals surface area contributed by atoms with Crippen LogP contribution in [0.5, 0.6) is 0 Å². The fraction of sp³-hybridized carbons (Fsp3) is 0.500. The summed E-state index contributed by atoms with van der Waals surface area (Å²) < 4.78 is 241. The van der Waals surface area contributed by atoms with E-state index in [-0.39, 0.29) is 0 Å². The highest BCUT2D eigenvalue weighted by Crippen LogP contribution is 2.72. The number of allylic oxidation sites excluding steroid dienone is 6. The van der Waals surface area contributed by atoms with Crippen LogP contribution in [0.4, 0.5) is 79.0 Å². The highest BCUT2D eigenvalue weighted by atomic mass is 19.4. The van der Waals surface area contributed by atoms with Crippen molar-refractivity contribution in [2.45, 2.75) is 41.7 Å². The third-order valence-electron chi connectivity index (χ3n) is 4.60. The Kier molecular flexibility index (Phi) is 5.38. The number of halogens is 18. The van der Waals surface area contributed by atoms with Gasteiger partial charge in [-0.25, -0.2) is 22.0 Å². The molecule has 0 fully saturated rings. The van der Waals surface area contributed by atoms with Crippen LogP contribution in [0.3, 0.4) is 0 Å². The second kappa shape index (κ2) is 6.61. The van der Waals surface area contributed by atoms with Gasteiger partial charge in [0.25, 0.3) is 5.78 Å². The highest BCUT2D eigenvalue weighted by molar-refractivity contribution is 6.10. The predicted octanol–water partition coefficient (Wildman–Crippen LogP) is 6.63. The number of ketones is 1. The number of carbonyl (C=O) groups excluding carboxylic acids is 1.